The summed E-state index contributed by atoms with van der Waals surface area (Å²) < 4.78 is 0. The van der Waals surface area contributed by atoms with Crippen LogP contribution in [0.3, 0.4) is 0 Å². The Bertz CT molecular complexity index is 232. The van der Waals surface area contributed by atoms with Gasteiger partial charge >= 0.3 is 0 Å². The third-order valence-corrected chi connectivity index (χ3v) is 2.12. The first kappa shape index (κ1) is 7.65. The zero-order chi connectivity index (χ0) is 7.72. The van der Waals surface area contributed by atoms with Crippen LogP contribution < -0.4 is 5.73 Å². The Morgan fingerprint density at radius 3 is 2.40 bits per heavy atom. The standard InChI is InChI=1S/C6H10N2OS/c1-3-5(6(7)9)8-4(2)10-3/h6,9H,7H2,1-2H3. The lowest BCUT2D eigenvalue weighted by Gasteiger charge is -1.98. The zero-order valence-electron chi connectivity index (χ0n) is 5.96. The molecule has 0 fully saturated rings. The number of hydrogen-bond donors (Lipinski definition) is 2. The van der Waals surface area contributed by atoms with Crippen LogP contribution in [0.1, 0.15) is 21.8 Å². The summed E-state index contributed by atoms with van der Waals surface area (Å²) in [6.45, 7) is 3.79. The number of aromatic nitrogens is 1. The molecule has 4 heteroatoms. The van der Waals surface area contributed by atoms with Gasteiger partial charge in [0, 0.05) is 4.88 Å². The van der Waals surface area contributed by atoms with Gasteiger partial charge in [0.2, 0.25) is 0 Å². The summed E-state index contributed by atoms with van der Waals surface area (Å²) in [5.74, 6) is 0. The molecule has 10 heavy (non-hydrogen) atoms. The summed E-state index contributed by atoms with van der Waals surface area (Å²) in [5.41, 5.74) is 5.83. The number of thiazole rings is 1. The Morgan fingerprint density at radius 1 is 1.60 bits per heavy atom. The number of nitrogens with two attached hydrogens (primary N) is 1. The van der Waals surface area contributed by atoms with Gasteiger partial charge in [-0.2, -0.15) is 0 Å². The van der Waals surface area contributed by atoms with Gasteiger partial charge in [0.15, 0.2) is 0 Å². The molecule has 1 heterocycles. The van der Waals surface area contributed by atoms with E-state index in [0.717, 1.165) is 9.88 Å². The van der Waals surface area contributed by atoms with Gasteiger partial charge in [0.1, 0.15) is 6.23 Å². The minimum atomic E-state index is -0.926. The van der Waals surface area contributed by atoms with Crippen molar-refractivity contribution in [1.82, 2.24) is 4.98 Å². The van der Waals surface area contributed by atoms with E-state index in [4.69, 9.17) is 10.8 Å². The van der Waals surface area contributed by atoms with Crippen molar-refractivity contribution in [3.8, 4) is 0 Å². The van der Waals surface area contributed by atoms with Crippen LogP contribution in [0.15, 0.2) is 0 Å². The summed E-state index contributed by atoms with van der Waals surface area (Å²) in [6.07, 6.45) is -0.926. The van der Waals surface area contributed by atoms with Gasteiger partial charge in [-0.25, -0.2) is 4.98 Å². The number of aliphatic hydroxyl groups is 1. The lowest BCUT2D eigenvalue weighted by molar-refractivity contribution is 0.181. The fourth-order valence-corrected chi connectivity index (χ4v) is 1.68. The summed E-state index contributed by atoms with van der Waals surface area (Å²) >= 11 is 1.55. The van der Waals surface area contributed by atoms with Crippen molar-refractivity contribution in [1.29, 1.82) is 0 Å². The SMILES string of the molecule is Cc1nc(C(N)O)c(C)s1. The molecule has 1 atom stereocenters. The first-order valence-corrected chi connectivity index (χ1v) is 3.80. The van der Waals surface area contributed by atoms with Crippen LogP contribution in [-0.2, 0) is 0 Å². The Labute approximate surface area is 63.5 Å². The number of aliphatic hydroxyl groups excluding tert-OH is 1. The second kappa shape index (κ2) is 2.65. The molecule has 1 aromatic rings. The molecule has 1 aromatic heterocycles. The predicted octanol–water partition coefficient (Wildman–Crippen LogP) is 0.710. The Morgan fingerprint density at radius 2 is 2.20 bits per heavy atom. The van der Waals surface area contributed by atoms with Gasteiger partial charge in [-0.1, -0.05) is 0 Å². The third kappa shape index (κ3) is 1.34. The van der Waals surface area contributed by atoms with Crippen LogP contribution in [0.5, 0.6) is 0 Å². The average molecular weight is 158 g/mol. The fourth-order valence-electron chi connectivity index (χ4n) is 0.819. The van der Waals surface area contributed by atoms with E-state index in [1.807, 2.05) is 13.8 Å². The molecule has 3 nitrogen and oxygen atoms in total. The molecular weight excluding hydrogens is 148 g/mol. The van der Waals surface area contributed by atoms with Crippen molar-refractivity contribution < 1.29 is 5.11 Å². The van der Waals surface area contributed by atoms with E-state index in [2.05, 4.69) is 4.98 Å². The molecule has 0 radical (unpaired) electrons. The maximum absolute atomic E-state index is 8.94. The Hall–Kier alpha value is -0.450. The maximum Gasteiger partial charge on any atom is 0.146 e. The highest BCUT2D eigenvalue weighted by Crippen LogP contribution is 2.19. The molecule has 0 aliphatic carbocycles. The molecule has 0 aromatic carbocycles. The molecule has 56 valence electrons. The van der Waals surface area contributed by atoms with Gasteiger partial charge in [-0.15, -0.1) is 11.3 Å². The van der Waals surface area contributed by atoms with E-state index in [9.17, 15) is 0 Å². The topological polar surface area (TPSA) is 59.1 Å². The van der Waals surface area contributed by atoms with Gasteiger partial charge < -0.3 is 10.8 Å². The van der Waals surface area contributed by atoms with Gasteiger partial charge in [-0.3, -0.25) is 0 Å². The summed E-state index contributed by atoms with van der Waals surface area (Å²) in [5, 5.41) is 9.88. The molecular formula is C6H10N2OS. The Balaban J connectivity index is 3.03. The molecule has 3 N–H and O–H groups in total. The lowest BCUT2D eigenvalue weighted by atomic mass is 10.3. The average Bonchev–Trinajstić information content (AvgIpc) is 2.10. The van der Waals surface area contributed by atoms with E-state index < -0.39 is 6.23 Å². The number of hydrogen-bond acceptors (Lipinski definition) is 4. The molecule has 0 bridgehead atoms. The van der Waals surface area contributed by atoms with Crippen LogP contribution in [0.25, 0.3) is 0 Å². The highest BCUT2D eigenvalue weighted by Gasteiger charge is 2.09. The monoisotopic (exact) mass is 158 g/mol. The van der Waals surface area contributed by atoms with Crippen molar-refractivity contribution in [2.24, 2.45) is 5.73 Å². The minimum Gasteiger partial charge on any atom is -0.373 e. The normalized spacial score (nSPS) is 13.6. The van der Waals surface area contributed by atoms with E-state index in [1.54, 1.807) is 11.3 Å². The van der Waals surface area contributed by atoms with Gasteiger partial charge in [0.25, 0.3) is 0 Å². The largest absolute Gasteiger partial charge is 0.373 e. The predicted molar refractivity (Wildman–Crippen MR) is 40.7 cm³/mol. The number of rotatable bonds is 1. The summed E-state index contributed by atoms with van der Waals surface area (Å²) in [4.78, 5) is 5.05. The van der Waals surface area contributed by atoms with Crippen molar-refractivity contribution >= 4 is 11.3 Å². The number of nitrogens with zero attached hydrogens (tertiary/aromatic N) is 1. The fraction of sp³-hybridized carbons (Fsp3) is 0.500. The van der Waals surface area contributed by atoms with Crippen molar-refractivity contribution in [3.63, 3.8) is 0 Å². The van der Waals surface area contributed by atoms with E-state index in [1.165, 1.54) is 0 Å². The van der Waals surface area contributed by atoms with E-state index in [0.29, 0.717) is 5.69 Å². The van der Waals surface area contributed by atoms with Crippen LogP contribution in [0.4, 0.5) is 0 Å². The molecule has 0 aliphatic rings. The van der Waals surface area contributed by atoms with Gasteiger partial charge in [0.05, 0.1) is 10.7 Å². The molecule has 0 amide bonds. The molecule has 0 aliphatic heterocycles. The molecule has 0 spiro atoms. The van der Waals surface area contributed by atoms with E-state index >= 15 is 0 Å². The minimum absolute atomic E-state index is 0.600. The number of aryl methyl sites for hydroxylation is 2. The van der Waals surface area contributed by atoms with Crippen LogP contribution >= 0.6 is 11.3 Å². The van der Waals surface area contributed by atoms with Crippen LogP contribution in [0, 0.1) is 13.8 Å². The van der Waals surface area contributed by atoms with Crippen molar-refractivity contribution in [2.75, 3.05) is 0 Å². The van der Waals surface area contributed by atoms with Crippen LogP contribution in [0.2, 0.25) is 0 Å². The molecule has 1 unspecified atom stereocenters. The van der Waals surface area contributed by atoms with Crippen LogP contribution in [-0.4, -0.2) is 10.1 Å². The third-order valence-electron chi connectivity index (χ3n) is 1.22. The molecule has 1 rings (SSSR count). The first-order valence-electron chi connectivity index (χ1n) is 2.99. The first-order chi connectivity index (χ1) is 4.61. The summed E-state index contributed by atoms with van der Waals surface area (Å²) in [7, 11) is 0. The second-order valence-corrected chi connectivity index (χ2v) is 3.53. The quantitative estimate of drug-likeness (QED) is 0.592. The van der Waals surface area contributed by atoms with Crippen molar-refractivity contribution in [2.45, 2.75) is 20.1 Å². The smallest absolute Gasteiger partial charge is 0.146 e. The summed E-state index contributed by atoms with van der Waals surface area (Å²) in [6, 6.07) is 0. The maximum atomic E-state index is 8.94. The lowest BCUT2D eigenvalue weighted by Crippen LogP contribution is -2.09. The van der Waals surface area contributed by atoms with E-state index in [-0.39, 0.29) is 0 Å². The Kier molecular flexibility index (Phi) is 2.03. The van der Waals surface area contributed by atoms with Crippen molar-refractivity contribution in [3.05, 3.63) is 15.6 Å². The highest BCUT2D eigenvalue weighted by atomic mass is 32.1. The molecule has 0 saturated heterocycles. The highest BCUT2D eigenvalue weighted by molar-refractivity contribution is 7.11. The van der Waals surface area contributed by atoms with Gasteiger partial charge in [-0.05, 0) is 13.8 Å². The second-order valence-electron chi connectivity index (χ2n) is 2.12. The zero-order valence-corrected chi connectivity index (χ0v) is 6.77. The molecule has 0 saturated carbocycles.